The molecule has 0 radical (unpaired) electrons. The Balaban J connectivity index is 4.49. The summed E-state index contributed by atoms with van der Waals surface area (Å²) in [7, 11) is -3.41. The standard InChI is InChI=1S/C10H21NO2S/c1-5-9(4)7-10(6-8(2)3)14(11,12)13/h5,8-10H,1,6-7H2,2-4H3,(H2,11,12,13)/t9-,10-/m0/s1. The Hall–Kier alpha value is -0.350. The van der Waals surface area contributed by atoms with Crippen molar-refractivity contribution < 1.29 is 8.42 Å². The number of nitrogens with two attached hydrogens (primary N) is 1. The molecule has 0 bridgehead atoms. The average molecular weight is 219 g/mol. The molecule has 0 aliphatic carbocycles. The number of hydrogen-bond donors (Lipinski definition) is 1. The maximum Gasteiger partial charge on any atom is 0.211 e. The fraction of sp³-hybridized carbons (Fsp3) is 0.800. The molecule has 0 aromatic heterocycles. The predicted octanol–water partition coefficient (Wildman–Crippen LogP) is 1.90. The van der Waals surface area contributed by atoms with Crippen molar-refractivity contribution in [3.8, 4) is 0 Å². The Morgan fingerprint density at radius 2 is 1.79 bits per heavy atom. The van der Waals surface area contributed by atoms with Gasteiger partial charge < -0.3 is 0 Å². The van der Waals surface area contributed by atoms with Crippen LogP contribution in [0.15, 0.2) is 12.7 Å². The molecule has 0 spiro atoms. The van der Waals surface area contributed by atoms with Crippen LogP contribution in [-0.4, -0.2) is 13.7 Å². The first-order valence-electron chi connectivity index (χ1n) is 4.91. The van der Waals surface area contributed by atoms with E-state index in [-0.39, 0.29) is 5.92 Å². The fourth-order valence-corrected chi connectivity index (χ4v) is 2.63. The summed E-state index contributed by atoms with van der Waals surface area (Å²) >= 11 is 0. The van der Waals surface area contributed by atoms with Gasteiger partial charge in [-0.1, -0.05) is 26.8 Å². The third kappa shape index (κ3) is 5.40. The Labute approximate surface area is 87.4 Å². The monoisotopic (exact) mass is 219 g/mol. The highest BCUT2D eigenvalue weighted by Crippen LogP contribution is 2.19. The zero-order chi connectivity index (χ0) is 11.4. The summed E-state index contributed by atoms with van der Waals surface area (Å²) in [5, 5.41) is 4.73. The lowest BCUT2D eigenvalue weighted by Gasteiger charge is -2.18. The molecule has 2 atom stereocenters. The van der Waals surface area contributed by atoms with Gasteiger partial charge in [-0.05, 0) is 24.7 Å². The smallest absolute Gasteiger partial charge is 0.211 e. The normalized spacial score (nSPS) is 16.6. The van der Waals surface area contributed by atoms with Crippen molar-refractivity contribution in [2.45, 2.75) is 38.9 Å². The zero-order valence-corrected chi connectivity index (χ0v) is 10.0. The van der Waals surface area contributed by atoms with E-state index in [1.165, 1.54) is 0 Å². The van der Waals surface area contributed by atoms with Gasteiger partial charge in [-0.2, -0.15) is 0 Å². The first-order valence-corrected chi connectivity index (χ1v) is 6.52. The lowest BCUT2D eigenvalue weighted by atomic mass is 9.99. The van der Waals surface area contributed by atoms with E-state index in [0.717, 1.165) is 0 Å². The molecule has 0 aromatic rings. The van der Waals surface area contributed by atoms with Gasteiger partial charge in [0.1, 0.15) is 0 Å². The van der Waals surface area contributed by atoms with E-state index >= 15 is 0 Å². The lowest BCUT2D eigenvalue weighted by Crippen LogP contribution is -2.31. The molecule has 0 rings (SSSR count). The molecule has 0 fully saturated rings. The number of sulfonamides is 1. The minimum Gasteiger partial charge on any atom is -0.228 e. The van der Waals surface area contributed by atoms with Crippen molar-refractivity contribution in [3.63, 3.8) is 0 Å². The highest BCUT2D eigenvalue weighted by molar-refractivity contribution is 7.89. The van der Waals surface area contributed by atoms with Crippen LogP contribution in [0.2, 0.25) is 0 Å². The highest BCUT2D eigenvalue weighted by Gasteiger charge is 2.23. The Kier molecular flexibility index (Phi) is 5.37. The van der Waals surface area contributed by atoms with Crippen molar-refractivity contribution in [1.82, 2.24) is 0 Å². The van der Waals surface area contributed by atoms with Gasteiger partial charge in [-0.25, -0.2) is 13.6 Å². The van der Waals surface area contributed by atoms with Gasteiger partial charge in [0.15, 0.2) is 0 Å². The van der Waals surface area contributed by atoms with Gasteiger partial charge in [0.05, 0.1) is 5.25 Å². The van der Waals surface area contributed by atoms with Crippen LogP contribution in [0.3, 0.4) is 0 Å². The summed E-state index contributed by atoms with van der Waals surface area (Å²) in [6, 6.07) is 0. The summed E-state index contributed by atoms with van der Waals surface area (Å²) in [5.41, 5.74) is 0. The molecule has 2 N–H and O–H groups in total. The zero-order valence-electron chi connectivity index (χ0n) is 9.23. The molecule has 0 unspecified atom stereocenters. The molecule has 0 saturated carbocycles. The van der Waals surface area contributed by atoms with E-state index < -0.39 is 15.3 Å². The lowest BCUT2D eigenvalue weighted by molar-refractivity contribution is 0.482. The Morgan fingerprint density at radius 1 is 1.29 bits per heavy atom. The van der Waals surface area contributed by atoms with Crippen molar-refractivity contribution in [2.75, 3.05) is 0 Å². The fourth-order valence-electron chi connectivity index (χ4n) is 1.40. The van der Waals surface area contributed by atoms with Gasteiger partial charge in [-0.3, -0.25) is 0 Å². The third-order valence-electron chi connectivity index (χ3n) is 2.24. The minimum absolute atomic E-state index is 0.192. The average Bonchev–Trinajstić information content (AvgIpc) is 2.00. The number of primary sulfonamides is 1. The van der Waals surface area contributed by atoms with E-state index in [4.69, 9.17) is 5.14 Å². The van der Waals surface area contributed by atoms with Crippen molar-refractivity contribution in [1.29, 1.82) is 0 Å². The number of hydrogen-bond acceptors (Lipinski definition) is 2. The maximum atomic E-state index is 11.3. The molecule has 3 nitrogen and oxygen atoms in total. The molecular formula is C10H21NO2S. The summed E-state index contributed by atoms with van der Waals surface area (Å²) in [6.07, 6.45) is 2.95. The third-order valence-corrected chi connectivity index (χ3v) is 3.55. The van der Waals surface area contributed by atoms with E-state index in [2.05, 4.69) is 6.58 Å². The highest BCUT2D eigenvalue weighted by atomic mass is 32.2. The van der Waals surface area contributed by atoms with Gasteiger partial charge in [0, 0.05) is 0 Å². The Bertz CT molecular complexity index is 270. The van der Waals surface area contributed by atoms with Crippen LogP contribution in [0.1, 0.15) is 33.6 Å². The number of rotatable bonds is 6. The summed E-state index contributed by atoms with van der Waals surface area (Å²) in [6.45, 7) is 9.58. The van der Waals surface area contributed by atoms with E-state index in [9.17, 15) is 8.42 Å². The molecular weight excluding hydrogens is 198 g/mol. The van der Waals surface area contributed by atoms with Crippen molar-refractivity contribution in [3.05, 3.63) is 12.7 Å². The van der Waals surface area contributed by atoms with Crippen LogP contribution in [0, 0.1) is 11.8 Å². The van der Waals surface area contributed by atoms with Gasteiger partial charge in [0.2, 0.25) is 10.0 Å². The summed E-state index contributed by atoms with van der Waals surface area (Å²) < 4.78 is 22.5. The van der Waals surface area contributed by atoms with Crippen LogP contribution in [0.5, 0.6) is 0 Å². The predicted molar refractivity (Wildman–Crippen MR) is 60.3 cm³/mol. The molecule has 84 valence electrons. The number of allylic oxidation sites excluding steroid dienone is 1. The molecule has 4 heteroatoms. The van der Waals surface area contributed by atoms with Crippen LogP contribution < -0.4 is 5.14 Å². The second-order valence-corrected chi connectivity index (χ2v) is 6.13. The quantitative estimate of drug-likeness (QED) is 0.694. The van der Waals surface area contributed by atoms with Gasteiger partial charge in [0.25, 0.3) is 0 Å². The van der Waals surface area contributed by atoms with E-state index in [1.54, 1.807) is 6.08 Å². The largest absolute Gasteiger partial charge is 0.228 e. The van der Waals surface area contributed by atoms with Crippen molar-refractivity contribution in [2.24, 2.45) is 17.0 Å². The minimum atomic E-state index is -3.41. The molecule has 0 heterocycles. The van der Waals surface area contributed by atoms with Crippen LogP contribution >= 0.6 is 0 Å². The topological polar surface area (TPSA) is 60.2 Å². The molecule has 0 aromatic carbocycles. The van der Waals surface area contributed by atoms with Gasteiger partial charge >= 0.3 is 0 Å². The second-order valence-electron chi connectivity index (χ2n) is 4.29. The Morgan fingerprint density at radius 3 is 2.07 bits per heavy atom. The van der Waals surface area contributed by atoms with Crippen LogP contribution in [0.25, 0.3) is 0 Å². The van der Waals surface area contributed by atoms with Gasteiger partial charge in [-0.15, -0.1) is 6.58 Å². The van der Waals surface area contributed by atoms with E-state index in [0.29, 0.717) is 18.8 Å². The summed E-state index contributed by atoms with van der Waals surface area (Å²) in [4.78, 5) is 0. The SMILES string of the molecule is C=C[C@H](C)C[C@H](CC(C)C)S(N)(=O)=O. The molecule has 0 aliphatic rings. The molecule has 14 heavy (non-hydrogen) atoms. The van der Waals surface area contributed by atoms with Crippen molar-refractivity contribution >= 4 is 10.0 Å². The molecule has 0 saturated heterocycles. The first kappa shape index (κ1) is 13.7. The van der Waals surface area contributed by atoms with Crippen LogP contribution in [0.4, 0.5) is 0 Å². The molecule has 0 amide bonds. The summed E-state index contributed by atoms with van der Waals surface area (Å²) in [5.74, 6) is 0.535. The second kappa shape index (κ2) is 5.51. The maximum absolute atomic E-state index is 11.3. The first-order chi connectivity index (χ1) is 6.27. The van der Waals surface area contributed by atoms with E-state index in [1.807, 2.05) is 20.8 Å². The molecule has 0 aliphatic heterocycles. The van der Waals surface area contributed by atoms with Crippen LogP contribution in [-0.2, 0) is 10.0 Å².